The fraction of sp³-hybridized carbons (Fsp3) is 0.231. The molecule has 0 aromatic carbocycles. The molecule has 0 N–H and O–H groups in total. The maximum atomic E-state index is 11.0. The van der Waals surface area contributed by atoms with Gasteiger partial charge in [0.05, 0.1) is 5.69 Å². The number of ether oxygens (including phenoxy) is 1. The van der Waals surface area contributed by atoms with Gasteiger partial charge in [0.2, 0.25) is 0 Å². The molecule has 0 atom stereocenters. The average Bonchev–Trinajstić information content (AvgIpc) is 2.73. The van der Waals surface area contributed by atoms with Crippen LogP contribution >= 0.6 is 0 Å². The van der Waals surface area contributed by atoms with Crippen molar-refractivity contribution in [1.29, 1.82) is 0 Å². The van der Waals surface area contributed by atoms with Crippen molar-refractivity contribution in [2.24, 2.45) is 0 Å². The summed E-state index contributed by atoms with van der Waals surface area (Å²) < 4.78 is 6.86. The Balaban J connectivity index is 2.36. The van der Waals surface area contributed by atoms with E-state index in [4.69, 9.17) is 4.74 Å². The minimum atomic E-state index is 0.463. The van der Waals surface area contributed by atoms with Gasteiger partial charge in [-0.2, -0.15) is 0 Å². The molecule has 2 rings (SSSR count). The van der Waals surface area contributed by atoms with E-state index in [2.05, 4.69) is 4.98 Å². The van der Waals surface area contributed by atoms with Crippen molar-refractivity contribution in [2.45, 2.75) is 6.42 Å². The van der Waals surface area contributed by atoms with Gasteiger partial charge in [-0.15, -0.1) is 0 Å². The number of pyridine rings is 1. The Morgan fingerprint density at radius 1 is 1.47 bits per heavy atom. The number of hydrogen-bond donors (Lipinski definition) is 0. The molecule has 0 bridgehead atoms. The summed E-state index contributed by atoms with van der Waals surface area (Å²) in [7, 11) is 1.67. The Morgan fingerprint density at radius 2 is 2.35 bits per heavy atom. The summed E-state index contributed by atoms with van der Waals surface area (Å²) in [6.45, 7) is 0.670. The highest BCUT2D eigenvalue weighted by Crippen LogP contribution is 2.12. The fourth-order valence-corrected chi connectivity index (χ4v) is 1.67. The van der Waals surface area contributed by atoms with Crippen molar-refractivity contribution < 1.29 is 9.53 Å². The Hall–Kier alpha value is -1.94. The highest BCUT2D eigenvalue weighted by atomic mass is 16.5. The highest BCUT2D eigenvalue weighted by molar-refractivity contribution is 5.80. The van der Waals surface area contributed by atoms with E-state index in [9.17, 15) is 4.79 Å². The monoisotopic (exact) mass is 230 g/mol. The van der Waals surface area contributed by atoms with E-state index in [0.717, 1.165) is 24.0 Å². The smallest absolute Gasteiger partial charge is 0.170 e. The van der Waals surface area contributed by atoms with Gasteiger partial charge in [0.15, 0.2) is 6.29 Å². The van der Waals surface area contributed by atoms with Gasteiger partial charge in [-0.05, 0) is 24.6 Å². The highest BCUT2D eigenvalue weighted by Gasteiger charge is 2.07. The van der Waals surface area contributed by atoms with Crippen LogP contribution in [-0.4, -0.2) is 29.4 Å². The maximum Gasteiger partial charge on any atom is 0.170 e. The van der Waals surface area contributed by atoms with Crippen LogP contribution in [0.25, 0.3) is 11.7 Å². The van der Waals surface area contributed by atoms with Crippen LogP contribution in [0.3, 0.4) is 0 Å². The SMILES string of the molecule is COCC/C=C/c1c(C=O)nc2ccccn12. The summed E-state index contributed by atoms with van der Waals surface area (Å²) in [4.78, 5) is 15.2. The molecule has 0 aliphatic carbocycles. The Bertz CT molecular complexity index is 543. The Morgan fingerprint density at radius 3 is 3.12 bits per heavy atom. The van der Waals surface area contributed by atoms with Crippen molar-refractivity contribution in [3.63, 3.8) is 0 Å². The van der Waals surface area contributed by atoms with Gasteiger partial charge >= 0.3 is 0 Å². The molecule has 0 spiro atoms. The molecule has 0 radical (unpaired) electrons. The van der Waals surface area contributed by atoms with Crippen LogP contribution in [0.5, 0.6) is 0 Å². The normalized spacial score (nSPS) is 11.4. The van der Waals surface area contributed by atoms with E-state index in [-0.39, 0.29) is 0 Å². The zero-order chi connectivity index (χ0) is 12.1. The number of carbonyl (C=O) groups is 1. The van der Waals surface area contributed by atoms with E-state index in [1.165, 1.54) is 0 Å². The lowest BCUT2D eigenvalue weighted by Gasteiger charge is -1.96. The van der Waals surface area contributed by atoms with Gasteiger partial charge in [-0.25, -0.2) is 4.98 Å². The van der Waals surface area contributed by atoms with Crippen molar-refractivity contribution in [1.82, 2.24) is 9.38 Å². The number of rotatable bonds is 5. The third-order valence-electron chi connectivity index (χ3n) is 2.47. The van der Waals surface area contributed by atoms with Gasteiger partial charge in [-0.3, -0.25) is 9.20 Å². The molecule has 0 amide bonds. The first-order chi connectivity index (χ1) is 8.36. The zero-order valence-electron chi connectivity index (χ0n) is 9.67. The average molecular weight is 230 g/mol. The maximum absolute atomic E-state index is 11.0. The first-order valence-electron chi connectivity index (χ1n) is 5.44. The van der Waals surface area contributed by atoms with Gasteiger partial charge in [0.1, 0.15) is 11.3 Å². The van der Waals surface area contributed by atoms with Gasteiger partial charge in [0.25, 0.3) is 0 Å². The summed E-state index contributed by atoms with van der Waals surface area (Å²) in [5.74, 6) is 0. The minimum Gasteiger partial charge on any atom is -0.384 e. The predicted molar refractivity (Wildman–Crippen MR) is 66.1 cm³/mol. The number of methoxy groups -OCH3 is 1. The number of carbonyl (C=O) groups excluding carboxylic acids is 1. The van der Waals surface area contributed by atoms with Gasteiger partial charge in [-0.1, -0.05) is 12.1 Å². The predicted octanol–water partition coefficient (Wildman–Crippen LogP) is 2.20. The molecule has 17 heavy (non-hydrogen) atoms. The van der Waals surface area contributed by atoms with E-state index in [1.807, 2.05) is 40.9 Å². The molecule has 88 valence electrons. The lowest BCUT2D eigenvalue weighted by Crippen LogP contribution is -1.89. The molecule has 0 aliphatic rings. The molecule has 2 aromatic heterocycles. The molecule has 4 heteroatoms. The van der Waals surface area contributed by atoms with Crippen molar-refractivity contribution >= 4 is 18.0 Å². The Kier molecular flexibility index (Phi) is 3.67. The molecule has 2 aromatic rings. The molecule has 4 nitrogen and oxygen atoms in total. The van der Waals surface area contributed by atoms with Crippen LogP contribution in [0.2, 0.25) is 0 Å². The summed E-state index contributed by atoms with van der Waals surface area (Å²) in [5.41, 5.74) is 2.05. The fourth-order valence-electron chi connectivity index (χ4n) is 1.67. The van der Waals surface area contributed by atoms with Crippen LogP contribution in [-0.2, 0) is 4.74 Å². The third kappa shape index (κ3) is 2.42. The second kappa shape index (κ2) is 5.41. The van der Waals surface area contributed by atoms with Crippen molar-refractivity contribution in [2.75, 3.05) is 13.7 Å². The van der Waals surface area contributed by atoms with E-state index >= 15 is 0 Å². The first-order valence-corrected chi connectivity index (χ1v) is 5.44. The topological polar surface area (TPSA) is 43.6 Å². The molecule has 0 fully saturated rings. The van der Waals surface area contributed by atoms with Gasteiger partial charge in [0, 0.05) is 19.9 Å². The molecule has 2 heterocycles. The van der Waals surface area contributed by atoms with Crippen molar-refractivity contribution in [3.8, 4) is 0 Å². The van der Waals surface area contributed by atoms with Crippen LogP contribution in [0.1, 0.15) is 22.6 Å². The number of aldehydes is 1. The molecule has 0 unspecified atom stereocenters. The third-order valence-corrected chi connectivity index (χ3v) is 2.47. The summed E-state index contributed by atoms with van der Waals surface area (Å²) in [6, 6.07) is 5.69. The first kappa shape index (κ1) is 11.5. The van der Waals surface area contributed by atoms with Crippen LogP contribution in [0.15, 0.2) is 30.5 Å². The molecular formula is C13H14N2O2. The molecule has 0 aliphatic heterocycles. The quantitative estimate of drug-likeness (QED) is 0.584. The molecule has 0 saturated heterocycles. The molecular weight excluding hydrogens is 216 g/mol. The summed E-state index contributed by atoms with van der Waals surface area (Å²) in [5, 5.41) is 0. The number of nitrogens with zero attached hydrogens (tertiary/aromatic N) is 2. The second-order valence-electron chi connectivity index (χ2n) is 3.61. The van der Waals surface area contributed by atoms with Crippen LogP contribution in [0, 0.1) is 0 Å². The zero-order valence-corrected chi connectivity index (χ0v) is 9.67. The molecule has 0 saturated carbocycles. The lowest BCUT2D eigenvalue weighted by molar-refractivity contribution is 0.111. The van der Waals surface area contributed by atoms with E-state index < -0.39 is 0 Å². The van der Waals surface area contributed by atoms with Crippen LogP contribution < -0.4 is 0 Å². The largest absolute Gasteiger partial charge is 0.384 e. The van der Waals surface area contributed by atoms with Gasteiger partial charge < -0.3 is 4.74 Å². The summed E-state index contributed by atoms with van der Waals surface area (Å²) >= 11 is 0. The number of aromatic nitrogens is 2. The lowest BCUT2D eigenvalue weighted by atomic mass is 10.3. The second-order valence-corrected chi connectivity index (χ2v) is 3.61. The van der Waals surface area contributed by atoms with Crippen LogP contribution in [0.4, 0.5) is 0 Å². The number of imidazole rings is 1. The standard InChI is InChI=1S/C13H14N2O2/c1-17-9-5-3-6-12-11(10-16)14-13-7-2-4-8-15(12)13/h2-4,6-8,10H,5,9H2,1H3/b6-3+. The van der Waals surface area contributed by atoms with E-state index in [0.29, 0.717) is 12.3 Å². The van der Waals surface area contributed by atoms with E-state index in [1.54, 1.807) is 7.11 Å². The Labute approximate surface area is 99.5 Å². The summed E-state index contributed by atoms with van der Waals surface area (Å²) in [6.07, 6.45) is 7.37. The van der Waals surface area contributed by atoms with Crippen molar-refractivity contribution in [3.05, 3.63) is 41.9 Å². The number of hydrogen-bond acceptors (Lipinski definition) is 3. The number of fused-ring (bicyclic) bond motifs is 1. The minimum absolute atomic E-state index is 0.463.